The average Bonchev–Trinajstić information content (AvgIpc) is 2.53. The molecule has 9 heteroatoms. The molecule has 24 heavy (non-hydrogen) atoms. The summed E-state index contributed by atoms with van der Waals surface area (Å²) >= 11 is 0. The van der Waals surface area contributed by atoms with E-state index >= 15 is 0 Å². The van der Waals surface area contributed by atoms with E-state index in [2.05, 4.69) is 15.4 Å². The number of hydrogen-bond acceptors (Lipinski definition) is 4. The fourth-order valence-electron chi connectivity index (χ4n) is 2.07. The van der Waals surface area contributed by atoms with Gasteiger partial charge in [0.05, 0.1) is 13.2 Å². The number of nitrogens with one attached hydrogen (secondary N) is 2. The van der Waals surface area contributed by atoms with Crippen molar-refractivity contribution in [2.75, 3.05) is 26.3 Å². The topological polar surface area (TPSA) is 59.6 Å². The SMILES string of the molecule is Cl.O=C(NCc1ccc(COCC(F)(F)F)cc1)C1CNCCO1. The van der Waals surface area contributed by atoms with Crippen LogP contribution in [0.4, 0.5) is 13.2 Å². The summed E-state index contributed by atoms with van der Waals surface area (Å²) in [6.07, 6.45) is -4.81. The fourth-order valence-corrected chi connectivity index (χ4v) is 2.07. The van der Waals surface area contributed by atoms with Gasteiger partial charge in [0.15, 0.2) is 0 Å². The number of alkyl halides is 3. The first-order valence-electron chi connectivity index (χ1n) is 7.26. The molecule has 1 atom stereocenters. The van der Waals surface area contributed by atoms with Gasteiger partial charge in [-0.05, 0) is 11.1 Å². The van der Waals surface area contributed by atoms with E-state index in [1.807, 2.05) is 0 Å². The molecule has 1 aliphatic rings. The Balaban J connectivity index is 0.00000288. The highest BCUT2D eigenvalue weighted by atomic mass is 35.5. The van der Waals surface area contributed by atoms with Crippen LogP contribution in [0.1, 0.15) is 11.1 Å². The number of ether oxygens (including phenoxy) is 2. The maximum Gasteiger partial charge on any atom is 0.411 e. The third kappa shape index (κ3) is 7.48. The number of amides is 1. The highest BCUT2D eigenvalue weighted by Crippen LogP contribution is 2.15. The van der Waals surface area contributed by atoms with Crippen molar-refractivity contribution in [3.05, 3.63) is 35.4 Å². The van der Waals surface area contributed by atoms with Gasteiger partial charge in [0.2, 0.25) is 0 Å². The summed E-state index contributed by atoms with van der Waals surface area (Å²) in [6, 6.07) is 6.84. The fraction of sp³-hybridized carbons (Fsp3) is 0.533. The summed E-state index contributed by atoms with van der Waals surface area (Å²) in [6.45, 7) is 0.698. The van der Waals surface area contributed by atoms with E-state index in [-0.39, 0.29) is 24.9 Å². The average molecular weight is 369 g/mol. The molecule has 0 radical (unpaired) electrons. The zero-order chi connectivity index (χ0) is 16.7. The van der Waals surface area contributed by atoms with E-state index in [1.165, 1.54) is 0 Å². The molecule has 0 spiro atoms. The first kappa shape index (κ1) is 20.7. The molecule has 1 saturated heterocycles. The van der Waals surface area contributed by atoms with Crippen LogP contribution < -0.4 is 10.6 Å². The predicted molar refractivity (Wildman–Crippen MR) is 83.9 cm³/mol. The van der Waals surface area contributed by atoms with Gasteiger partial charge in [-0.3, -0.25) is 4.79 Å². The highest BCUT2D eigenvalue weighted by Gasteiger charge is 2.27. The van der Waals surface area contributed by atoms with Crippen molar-refractivity contribution in [3.63, 3.8) is 0 Å². The molecule has 1 heterocycles. The largest absolute Gasteiger partial charge is 0.411 e. The number of benzene rings is 1. The molecule has 136 valence electrons. The predicted octanol–water partition coefficient (Wildman–Crippen LogP) is 1.79. The molecule has 0 aliphatic carbocycles. The minimum atomic E-state index is -4.32. The van der Waals surface area contributed by atoms with E-state index in [0.717, 1.165) is 12.1 Å². The summed E-state index contributed by atoms with van der Waals surface area (Å²) in [7, 11) is 0. The Labute approximate surface area is 144 Å². The van der Waals surface area contributed by atoms with Crippen LogP contribution in [0, 0.1) is 0 Å². The van der Waals surface area contributed by atoms with Gasteiger partial charge in [-0.15, -0.1) is 12.4 Å². The molecule has 1 fully saturated rings. The molecule has 1 aromatic rings. The van der Waals surface area contributed by atoms with Crippen molar-refractivity contribution in [2.24, 2.45) is 0 Å². The van der Waals surface area contributed by atoms with Crippen molar-refractivity contribution in [1.82, 2.24) is 10.6 Å². The van der Waals surface area contributed by atoms with Crippen LogP contribution >= 0.6 is 12.4 Å². The van der Waals surface area contributed by atoms with Gasteiger partial charge in [-0.2, -0.15) is 13.2 Å². The molecule has 1 unspecified atom stereocenters. The zero-order valence-corrected chi connectivity index (χ0v) is 13.7. The standard InChI is InChI=1S/C15H19F3N2O3.ClH/c16-15(17,18)10-22-9-12-3-1-11(2-4-12)7-20-14(21)13-8-19-5-6-23-13;/h1-4,13,19H,5-10H2,(H,20,21);1H. The summed E-state index contributed by atoms with van der Waals surface area (Å²) in [5, 5.41) is 5.84. The van der Waals surface area contributed by atoms with E-state index in [4.69, 9.17) is 4.74 Å². The van der Waals surface area contributed by atoms with Crippen LogP contribution in [0.3, 0.4) is 0 Å². The molecule has 1 aliphatic heterocycles. The van der Waals surface area contributed by atoms with Crippen LogP contribution in [0.15, 0.2) is 24.3 Å². The zero-order valence-electron chi connectivity index (χ0n) is 12.9. The molecule has 2 N–H and O–H groups in total. The highest BCUT2D eigenvalue weighted by molar-refractivity contribution is 5.85. The maximum absolute atomic E-state index is 12.0. The molecule has 0 saturated carbocycles. The number of rotatable bonds is 6. The van der Waals surface area contributed by atoms with Crippen molar-refractivity contribution in [1.29, 1.82) is 0 Å². The summed E-state index contributed by atoms with van der Waals surface area (Å²) < 4.78 is 45.8. The van der Waals surface area contributed by atoms with Gasteiger partial charge in [0, 0.05) is 19.6 Å². The van der Waals surface area contributed by atoms with Crippen LogP contribution in [0.25, 0.3) is 0 Å². The van der Waals surface area contributed by atoms with Crippen molar-refractivity contribution >= 4 is 18.3 Å². The molecule has 1 amide bonds. The van der Waals surface area contributed by atoms with E-state index in [1.54, 1.807) is 24.3 Å². The molecule has 0 bridgehead atoms. The second-order valence-electron chi connectivity index (χ2n) is 5.21. The van der Waals surface area contributed by atoms with Gasteiger partial charge in [0.25, 0.3) is 5.91 Å². The van der Waals surface area contributed by atoms with Crippen LogP contribution in [0.5, 0.6) is 0 Å². The number of halogens is 4. The Kier molecular flexibility index (Phi) is 8.47. The molecule has 1 aromatic carbocycles. The van der Waals surface area contributed by atoms with Crippen LogP contribution in [0.2, 0.25) is 0 Å². The van der Waals surface area contributed by atoms with Crippen LogP contribution in [-0.2, 0) is 27.4 Å². The number of carbonyl (C=O) groups is 1. The molecule has 5 nitrogen and oxygen atoms in total. The lowest BCUT2D eigenvalue weighted by Gasteiger charge is -2.22. The van der Waals surface area contributed by atoms with Crippen LogP contribution in [-0.4, -0.2) is 44.5 Å². The normalized spacial score (nSPS) is 17.9. The van der Waals surface area contributed by atoms with Gasteiger partial charge in [-0.1, -0.05) is 24.3 Å². The Morgan fingerprint density at radius 2 is 1.96 bits per heavy atom. The van der Waals surface area contributed by atoms with Crippen molar-refractivity contribution in [2.45, 2.75) is 25.4 Å². The van der Waals surface area contributed by atoms with Crippen molar-refractivity contribution in [3.8, 4) is 0 Å². The number of morpholine rings is 1. The number of hydrogen-bond donors (Lipinski definition) is 2. The Morgan fingerprint density at radius 1 is 1.29 bits per heavy atom. The lowest BCUT2D eigenvalue weighted by molar-refractivity contribution is -0.176. The molecular formula is C15H20ClF3N2O3. The monoisotopic (exact) mass is 368 g/mol. The second-order valence-corrected chi connectivity index (χ2v) is 5.21. The lowest BCUT2D eigenvalue weighted by atomic mass is 10.1. The van der Waals surface area contributed by atoms with E-state index < -0.39 is 18.9 Å². The Bertz CT molecular complexity index is 506. The summed E-state index contributed by atoms with van der Waals surface area (Å²) in [5.41, 5.74) is 1.49. The maximum atomic E-state index is 12.0. The minimum absolute atomic E-state index is 0. The van der Waals surface area contributed by atoms with Gasteiger partial charge in [-0.25, -0.2) is 0 Å². The van der Waals surface area contributed by atoms with Gasteiger partial charge < -0.3 is 20.1 Å². The summed E-state index contributed by atoms with van der Waals surface area (Å²) in [4.78, 5) is 11.9. The first-order valence-corrected chi connectivity index (χ1v) is 7.26. The third-order valence-electron chi connectivity index (χ3n) is 3.24. The van der Waals surface area contributed by atoms with Gasteiger partial charge >= 0.3 is 6.18 Å². The van der Waals surface area contributed by atoms with E-state index in [9.17, 15) is 18.0 Å². The lowest BCUT2D eigenvalue weighted by Crippen LogP contribution is -2.47. The Hall–Kier alpha value is -1.35. The quantitative estimate of drug-likeness (QED) is 0.804. The molecule has 0 aromatic heterocycles. The van der Waals surface area contributed by atoms with Gasteiger partial charge in [0.1, 0.15) is 12.7 Å². The van der Waals surface area contributed by atoms with Crippen molar-refractivity contribution < 1.29 is 27.4 Å². The molecule has 2 rings (SSSR count). The van der Waals surface area contributed by atoms with E-state index in [0.29, 0.717) is 25.3 Å². The number of carbonyl (C=O) groups excluding carboxylic acids is 1. The first-order chi connectivity index (χ1) is 10.9. The Morgan fingerprint density at radius 3 is 2.54 bits per heavy atom. The summed E-state index contributed by atoms with van der Waals surface area (Å²) in [5.74, 6) is -0.185. The third-order valence-corrected chi connectivity index (χ3v) is 3.24. The smallest absolute Gasteiger partial charge is 0.367 e. The molecular weight excluding hydrogens is 349 g/mol. The minimum Gasteiger partial charge on any atom is -0.367 e. The second kappa shape index (κ2) is 9.83.